The molecule has 112 valence electrons. The summed E-state index contributed by atoms with van der Waals surface area (Å²) in [5.74, 6) is 0.825. The minimum absolute atomic E-state index is 0.438. The van der Waals surface area contributed by atoms with E-state index < -0.39 is 6.10 Å². The molecule has 0 amide bonds. The van der Waals surface area contributed by atoms with Gasteiger partial charge >= 0.3 is 0 Å². The van der Waals surface area contributed by atoms with Gasteiger partial charge in [-0.1, -0.05) is 12.1 Å². The first kappa shape index (κ1) is 15.3. The van der Waals surface area contributed by atoms with E-state index in [0.29, 0.717) is 12.6 Å². The molecule has 1 heterocycles. The minimum atomic E-state index is -0.438. The fourth-order valence-electron chi connectivity index (χ4n) is 2.85. The molecule has 0 bridgehead atoms. The van der Waals surface area contributed by atoms with E-state index in [-0.39, 0.29) is 0 Å². The molecular formula is C16H26N2O2. The highest BCUT2D eigenvalue weighted by Gasteiger charge is 2.22. The van der Waals surface area contributed by atoms with E-state index in [2.05, 4.69) is 23.8 Å². The quantitative estimate of drug-likeness (QED) is 0.910. The smallest absolute Gasteiger partial charge is 0.118 e. The second-order valence-corrected chi connectivity index (χ2v) is 5.75. The Balaban J connectivity index is 1.96. The summed E-state index contributed by atoms with van der Waals surface area (Å²) >= 11 is 0. The van der Waals surface area contributed by atoms with Crippen LogP contribution < -0.4 is 4.74 Å². The first-order chi connectivity index (χ1) is 9.60. The maximum atomic E-state index is 10.4. The molecule has 1 aliphatic rings. The van der Waals surface area contributed by atoms with Crippen molar-refractivity contribution >= 4 is 0 Å². The summed E-state index contributed by atoms with van der Waals surface area (Å²) in [4.78, 5) is 4.75. The van der Waals surface area contributed by atoms with Crippen LogP contribution in [0.5, 0.6) is 5.75 Å². The lowest BCUT2D eigenvalue weighted by atomic mass is 10.1. The highest BCUT2D eigenvalue weighted by atomic mass is 16.5. The Morgan fingerprint density at radius 3 is 2.65 bits per heavy atom. The number of aliphatic hydroxyl groups is 1. The fraction of sp³-hybridized carbons (Fsp3) is 0.625. The first-order valence-corrected chi connectivity index (χ1v) is 7.34. The summed E-state index contributed by atoms with van der Waals surface area (Å²) < 4.78 is 5.15. The molecule has 0 spiro atoms. The molecular weight excluding hydrogens is 252 g/mol. The van der Waals surface area contributed by atoms with Crippen LogP contribution in [0.25, 0.3) is 0 Å². The Labute approximate surface area is 122 Å². The summed E-state index contributed by atoms with van der Waals surface area (Å²) in [5.41, 5.74) is 0.954. The highest BCUT2D eigenvalue weighted by molar-refractivity contribution is 5.28. The molecule has 4 nitrogen and oxygen atoms in total. The zero-order valence-electron chi connectivity index (χ0n) is 12.7. The van der Waals surface area contributed by atoms with Crippen molar-refractivity contribution in [1.82, 2.24) is 9.80 Å². The second kappa shape index (κ2) is 7.07. The second-order valence-electron chi connectivity index (χ2n) is 5.75. The van der Waals surface area contributed by atoms with Crippen LogP contribution in [0.15, 0.2) is 24.3 Å². The van der Waals surface area contributed by atoms with Gasteiger partial charge in [-0.15, -0.1) is 0 Å². The topological polar surface area (TPSA) is 35.9 Å². The first-order valence-electron chi connectivity index (χ1n) is 7.34. The number of ether oxygens (including phenoxy) is 1. The lowest BCUT2D eigenvalue weighted by Crippen LogP contribution is -2.40. The summed E-state index contributed by atoms with van der Waals surface area (Å²) in [6, 6.07) is 8.17. The Morgan fingerprint density at radius 2 is 2.00 bits per heavy atom. The lowest BCUT2D eigenvalue weighted by Gasteiger charge is -2.29. The number of likely N-dealkylation sites (N-methyl/N-ethyl adjacent to an activating group) is 1. The Kier molecular flexibility index (Phi) is 5.40. The van der Waals surface area contributed by atoms with Gasteiger partial charge in [0.05, 0.1) is 13.2 Å². The van der Waals surface area contributed by atoms with Crippen LogP contribution in [0.2, 0.25) is 0 Å². The largest absolute Gasteiger partial charge is 0.497 e. The zero-order chi connectivity index (χ0) is 14.5. The van der Waals surface area contributed by atoms with Crippen molar-refractivity contribution in [3.63, 3.8) is 0 Å². The van der Waals surface area contributed by atoms with Crippen molar-refractivity contribution in [3.8, 4) is 5.75 Å². The molecule has 1 aliphatic heterocycles. The van der Waals surface area contributed by atoms with Crippen LogP contribution >= 0.6 is 0 Å². The van der Waals surface area contributed by atoms with E-state index in [1.54, 1.807) is 7.11 Å². The average Bonchev–Trinajstić information content (AvgIpc) is 2.60. The molecule has 2 rings (SSSR count). The van der Waals surface area contributed by atoms with Crippen LogP contribution in [0.1, 0.15) is 25.0 Å². The van der Waals surface area contributed by atoms with E-state index in [0.717, 1.165) is 37.4 Å². The number of methoxy groups -OCH3 is 1. The lowest BCUT2D eigenvalue weighted by molar-refractivity contribution is 0.0920. The maximum Gasteiger partial charge on any atom is 0.118 e. The number of benzene rings is 1. The Bertz CT molecular complexity index is 407. The summed E-state index contributed by atoms with van der Waals surface area (Å²) in [6.45, 7) is 6.19. The molecule has 2 atom stereocenters. The van der Waals surface area contributed by atoms with Gasteiger partial charge in [0, 0.05) is 19.1 Å². The van der Waals surface area contributed by atoms with Crippen molar-refractivity contribution < 1.29 is 9.84 Å². The van der Waals surface area contributed by atoms with E-state index in [1.165, 1.54) is 0 Å². The Morgan fingerprint density at radius 1 is 1.30 bits per heavy atom. The summed E-state index contributed by atoms with van der Waals surface area (Å²) in [5, 5.41) is 10.4. The molecule has 1 aromatic carbocycles. The normalized spacial score (nSPS) is 23.3. The molecule has 0 aromatic heterocycles. The van der Waals surface area contributed by atoms with Crippen molar-refractivity contribution in [1.29, 1.82) is 0 Å². The standard InChI is InChI=1S/C16H26N2O2/c1-13-11-17(2)9-4-10-18(13)12-16(19)14-5-7-15(20-3)8-6-14/h5-8,13,16,19H,4,9-12H2,1-3H3. The van der Waals surface area contributed by atoms with Crippen LogP contribution in [-0.2, 0) is 0 Å². The van der Waals surface area contributed by atoms with Crippen LogP contribution in [-0.4, -0.2) is 61.3 Å². The maximum absolute atomic E-state index is 10.4. The number of hydrogen-bond acceptors (Lipinski definition) is 4. The van der Waals surface area contributed by atoms with E-state index in [9.17, 15) is 5.11 Å². The molecule has 1 N–H and O–H groups in total. The number of β-amino-alcohol motifs (C(OH)–C–C–N with tert-alkyl or cyclic N) is 1. The fourth-order valence-corrected chi connectivity index (χ4v) is 2.85. The number of aliphatic hydroxyl groups excluding tert-OH is 1. The van der Waals surface area contributed by atoms with Gasteiger partial charge in [0.2, 0.25) is 0 Å². The van der Waals surface area contributed by atoms with Crippen molar-refractivity contribution in [3.05, 3.63) is 29.8 Å². The Hall–Kier alpha value is -1.10. The van der Waals surface area contributed by atoms with E-state index >= 15 is 0 Å². The predicted octanol–water partition coefficient (Wildman–Crippen LogP) is 1.75. The van der Waals surface area contributed by atoms with Gasteiger partial charge in [0.25, 0.3) is 0 Å². The monoisotopic (exact) mass is 278 g/mol. The van der Waals surface area contributed by atoms with E-state index in [1.807, 2.05) is 24.3 Å². The minimum Gasteiger partial charge on any atom is -0.497 e. The van der Waals surface area contributed by atoms with Gasteiger partial charge in [-0.3, -0.25) is 4.90 Å². The van der Waals surface area contributed by atoms with Gasteiger partial charge < -0.3 is 14.7 Å². The average molecular weight is 278 g/mol. The number of rotatable bonds is 4. The molecule has 0 radical (unpaired) electrons. The summed E-state index contributed by atoms with van der Waals surface area (Å²) in [6.07, 6.45) is 0.725. The highest BCUT2D eigenvalue weighted by Crippen LogP contribution is 2.20. The predicted molar refractivity (Wildman–Crippen MR) is 81.1 cm³/mol. The molecule has 0 saturated carbocycles. The molecule has 1 fully saturated rings. The van der Waals surface area contributed by atoms with Gasteiger partial charge in [0.15, 0.2) is 0 Å². The third-order valence-corrected chi connectivity index (χ3v) is 4.09. The van der Waals surface area contributed by atoms with Crippen LogP contribution in [0.4, 0.5) is 0 Å². The van der Waals surface area contributed by atoms with Crippen LogP contribution in [0.3, 0.4) is 0 Å². The van der Waals surface area contributed by atoms with Crippen molar-refractivity contribution in [2.24, 2.45) is 0 Å². The third kappa shape index (κ3) is 3.95. The van der Waals surface area contributed by atoms with Gasteiger partial charge in [-0.2, -0.15) is 0 Å². The number of hydrogen-bond donors (Lipinski definition) is 1. The number of nitrogens with zero attached hydrogens (tertiary/aromatic N) is 2. The summed E-state index contributed by atoms with van der Waals surface area (Å²) in [7, 11) is 3.82. The van der Waals surface area contributed by atoms with Gasteiger partial charge in [-0.25, -0.2) is 0 Å². The molecule has 0 aliphatic carbocycles. The van der Waals surface area contributed by atoms with Gasteiger partial charge in [-0.05, 0) is 51.2 Å². The molecule has 2 unspecified atom stereocenters. The van der Waals surface area contributed by atoms with E-state index in [4.69, 9.17) is 4.74 Å². The van der Waals surface area contributed by atoms with Gasteiger partial charge in [0.1, 0.15) is 5.75 Å². The molecule has 1 saturated heterocycles. The third-order valence-electron chi connectivity index (χ3n) is 4.09. The SMILES string of the molecule is COc1ccc(C(O)CN2CCCN(C)CC2C)cc1. The van der Waals surface area contributed by atoms with Crippen LogP contribution in [0, 0.1) is 0 Å². The molecule has 1 aromatic rings. The molecule has 20 heavy (non-hydrogen) atoms. The van der Waals surface area contributed by atoms with Crippen molar-refractivity contribution in [2.45, 2.75) is 25.5 Å². The van der Waals surface area contributed by atoms with Crippen molar-refractivity contribution in [2.75, 3.05) is 40.3 Å². The molecule has 4 heteroatoms. The zero-order valence-corrected chi connectivity index (χ0v) is 12.7.